The second kappa shape index (κ2) is 12.9. The Morgan fingerprint density at radius 3 is 2.05 bits per heavy atom. The fraction of sp³-hybridized carbons (Fsp3) is 0.0714. The zero-order valence-corrected chi connectivity index (χ0v) is 23.7. The van der Waals surface area contributed by atoms with E-state index >= 15 is 0 Å². The molecule has 0 aliphatic rings. The van der Waals surface area contributed by atoms with Crippen LogP contribution in [0, 0.1) is 0 Å². The van der Waals surface area contributed by atoms with Crippen LogP contribution < -0.4 is 10.0 Å². The number of anilines is 2. The molecule has 13 heteroatoms. The average Bonchev–Trinajstić information content (AvgIpc) is 2.99. The molecule has 0 aliphatic heterocycles. The van der Waals surface area contributed by atoms with E-state index in [1.54, 1.807) is 0 Å². The number of halogens is 1. The van der Waals surface area contributed by atoms with Gasteiger partial charge in [-0.25, -0.2) is 13.4 Å². The zero-order valence-electron chi connectivity index (χ0n) is 21.3. The highest BCUT2D eigenvalue weighted by Crippen LogP contribution is 2.29. The van der Waals surface area contributed by atoms with E-state index in [1.165, 1.54) is 48.2 Å². The standard InChI is InChI=1S/C28H22ClN7O3S2/c29-23-15-16-24(33-32-23)36-41(38,39)22-13-11-21(12-14-22)30-25(37)17-18-40-28-31-26(19-7-3-1-4-8-19)27(34-35-28)20-9-5-2-6-10-20/h1-16H,17-18H2,(H,30,37)(H,33,36). The SMILES string of the molecule is O=C(CCSc1nnc(-c2ccccc2)c(-c2ccccc2)n1)Nc1ccc(S(=O)(=O)Nc2ccc(Cl)nn2)cc1. The molecule has 41 heavy (non-hydrogen) atoms. The Labute approximate surface area is 245 Å². The number of aromatic nitrogens is 5. The minimum Gasteiger partial charge on any atom is -0.326 e. The van der Waals surface area contributed by atoms with Gasteiger partial charge in [0, 0.05) is 29.0 Å². The highest BCUT2D eigenvalue weighted by Gasteiger charge is 2.16. The van der Waals surface area contributed by atoms with E-state index in [0.29, 0.717) is 28.0 Å². The van der Waals surface area contributed by atoms with Crippen molar-refractivity contribution in [2.45, 2.75) is 16.5 Å². The van der Waals surface area contributed by atoms with Crippen LogP contribution in [0.3, 0.4) is 0 Å². The van der Waals surface area contributed by atoms with E-state index in [9.17, 15) is 13.2 Å². The number of nitrogens with zero attached hydrogens (tertiary/aromatic N) is 5. The third-order valence-electron chi connectivity index (χ3n) is 5.64. The van der Waals surface area contributed by atoms with Gasteiger partial charge in [0.25, 0.3) is 10.0 Å². The summed E-state index contributed by atoms with van der Waals surface area (Å²) < 4.78 is 27.5. The van der Waals surface area contributed by atoms with Gasteiger partial charge in [-0.15, -0.1) is 20.4 Å². The topological polar surface area (TPSA) is 140 Å². The normalized spacial score (nSPS) is 11.1. The number of rotatable bonds is 10. The van der Waals surface area contributed by atoms with Gasteiger partial charge in [0.2, 0.25) is 11.1 Å². The van der Waals surface area contributed by atoms with Gasteiger partial charge in [-0.05, 0) is 36.4 Å². The predicted molar refractivity (Wildman–Crippen MR) is 159 cm³/mol. The highest BCUT2D eigenvalue weighted by atomic mass is 35.5. The molecule has 0 radical (unpaired) electrons. The molecule has 206 valence electrons. The lowest BCUT2D eigenvalue weighted by Crippen LogP contribution is -2.15. The molecule has 2 aromatic heterocycles. The molecule has 0 fully saturated rings. The number of carbonyl (C=O) groups is 1. The van der Waals surface area contributed by atoms with Crippen LogP contribution in [0.4, 0.5) is 11.5 Å². The maximum atomic E-state index is 12.6. The third kappa shape index (κ3) is 7.42. The Morgan fingerprint density at radius 1 is 0.756 bits per heavy atom. The average molecular weight is 604 g/mol. The van der Waals surface area contributed by atoms with E-state index in [0.717, 1.165) is 11.1 Å². The summed E-state index contributed by atoms with van der Waals surface area (Å²) in [5.41, 5.74) is 3.69. The first-order chi connectivity index (χ1) is 19.9. The number of benzene rings is 3. The van der Waals surface area contributed by atoms with E-state index in [-0.39, 0.29) is 28.2 Å². The molecule has 0 spiro atoms. The van der Waals surface area contributed by atoms with E-state index in [2.05, 4.69) is 30.4 Å². The van der Waals surface area contributed by atoms with Gasteiger partial charge in [0.15, 0.2) is 11.0 Å². The van der Waals surface area contributed by atoms with Crippen LogP contribution in [0.15, 0.2) is 107 Å². The molecule has 2 N–H and O–H groups in total. The Bertz CT molecular complexity index is 1740. The maximum absolute atomic E-state index is 12.6. The lowest BCUT2D eigenvalue weighted by molar-refractivity contribution is -0.115. The van der Waals surface area contributed by atoms with Crippen molar-refractivity contribution in [3.05, 3.63) is 102 Å². The quantitative estimate of drug-likeness (QED) is 0.196. The van der Waals surface area contributed by atoms with Crippen LogP contribution >= 0.6 is 23.4 Å². The molecule has 0 unspecified atom stereocenters. The molecule has 0 atom stereocenters. The van der Waals surface area contributed by atoms with Crippen molar-refractivity contribution in [1.29, 1.82) is 0 Å². The molecule has 5 rings (SSSR count). The molecular weight excluding hydrogens is 582 g/mol. The molecule has 3 aromatic carbocycles. The first kappa shape index (κ1) is 28.1. The van der Waals surface area contributed by atoms with E-state index in [4.69, 9.17) is 16.6 Å². The number of nitrogens with one attached hydrogen (secondary N) is 2. The molecule has 0 aliphatic carbocycles. The minimum absolute atomic E-state index is 0.000577. The number of hydrogen-bond acceptors (Lipinski definition) is 9. The molecular formula is C28H22ClN7O3S2. The lowest BCUT2D eigenvalue weighted by atomic mass is 10.0. The van der Waals surface area contributed by atoms with Crippen LogP contribution in [0.5, 0.6) is 0 Å². The molecule has 0 bridgehead atoms. The van der Waals surface area contributed by atoms with Crippen molar-refractivity contribution in [3.63, 3.8) is 0 Å². The first-order valence-corrected chi connectivity index (χ1v) is 15.1. The summed E-state index contributed by atoms with van der Waals surface area (Å²) in [4.78, 5) is 17.3. The summed E-state index contributed by atoms with van der Waals surface area (Å²) in [6.07, 6.45) is 0.186. The number of hydrogen-bond donors (Lipinski definition) is 2. The summed E-state index contributed by atoms with van der Waals surface area (Å²) in [7, 11) is -3.89. The minimum atomic E-state index is -3.89. The van der Waals surface area contributed by atoms with Crippen molar-refractivity contribution >= 4 is 50.8 Å². The van der Waals surface area contributed by atoms with Crippen LogP contribution in [0.1, 0.15) is 6.42 Å². The van der Waals surface area contributed by atoms with Crippen LogP contribution in [0.2, 0.25) is 5.15 Å². The van der Waals surface area contributed by atoms with Crippen LogP contribution in [-0.4, -0.2) is 45.5 Å². The second-order valence-electron chi connectivity index (χ2n) is 8.54. The van der Waals surface area contributed by atoms with Crippen molar-refractivity contribution < 1.29 is 13.2 Å². The van der Waals surface area contributed by atoms with Crippen molar-refractivity contribution in [2.75, 3.05) is 15.8 Å². The molecule has 0 saturated carbocycles. The van der Waals surface area contributed by atoms with Crippen molar-refractivity contribution in [1.82, 2.24) is 25.4 Å². The predicted octanol–water partition coefficient (Wildman–Crippen LogP) is 5.57. The number of sulfonamides is 1. The summed E-state index contributed by atoms with van der Waals surface area (Å²) >= 11 is 7.01. The summed E-state index contributed by atoms with van der Waals surface area (Å²) in [6, 6.07) is 28.1. The molecule has 1 amide bonds. The molecule has 0 saturated heterocycles. The largest absolute Gasteiger partial charge is 0.326 e. The molecule has 2 heterocycles. The van der Waals surface area contributed by atoms with Crippen molar-refractivity contribution in [2.24, 2.45) is 0 Å². The fourth-order valence-corrected chi connectivity index (χ4v) is 5.52. The Balaban J connectivity index is 1.19. The van der Waals surface area contributed by atoms with Crippen molar-refractivity contribution in [3.8, 4) is 22.5 Å². The fourth-order valence-electron chi connectivity index (χ4n) is 3.70. The van der Waals surface area contributed by atoms with Gasteiger partial charge in [-0.2, -0.15) is 0 Å². The van der Waals surface area contributed by atoms with E-state index < -0.39 is 10.0 Å². The number of carbonyl (C=O) groups excluding carboxylic acids is 1. The Morgan fingerprint density at radius 2 is 1.41 bits per heavy atom. The smallest absolute Gasteiger partial charge is 0.263 e. The van der Waals surface area contributed by atoms with Gasteiger partial charge in [0.1, 0.15) is 11.4 Å². The molecule has 10 nitrogen and oxygen atoms in total. The molecule has 5 aromatic rings. The monoisotopic (exact) mass is 603 g/mol. The lowest BCUT2D eigenvalue weighted by Gasteiger charge is -2.10. The Kier molecular flexibility index (Phi) is 8.82. The third-order valence-corrected chi connectivity index (χ3v) is 8.05. The maximum Gasteiger partial charge on any atom is 0.263 e. The second-order valence-corrected chi connectivity index (χ2v) is 11.7. The van der Waals surface area contributed by atoms with Gasteiger partial charge in [0.05, 0.1) is 4.90 Å². The summed E-state index contributed by atoms with van der Waals surface area (Å²) in [6.45, 7) is 0. The number of amides is 1. The van der Waals surface area contributed by atoms with E-state index in [1.807, 2.05) is 60.7 Å². The highest BCUT2D eigenvalue weighted by molar-refractivity contribution is 7.99. The number of thioether (sulfide) groups is 1. The van der Waals surface area contributed by atoms with Gasteiger partial charge in [-0.3, -0.25) is 9.52 Å². The van der Waals surface area contributed by atoms with Gasteiger partial charge < -0.3 is 5.32 Å². The van der Waals surface area contributed by atoms with Gasteiger partial charge in [-0.1, -0.05) is 84.0 Å². The Hall–Kier alpha value is -4.39. The zero-order chi connectivity index (χ0) is 28.7. The van der Waals surface area contributed by atoms with Crippen LogP contribution in [-0.2, 0) is 14.8 Å². The summed E-state index contributed by atoms with van der Waals surface area (Å²) in [5, 5.41) is 19.4. The van der Waals surface area contributed by atoms with Crippen LogP contribution in [0.25, 0.3) is 22.5 Å². The summed E-state index contributed by atoms with van der Waals surface area (Å²) in [5.74, 6) is 0.221. The first-order valence-electron chi connectivity index (χ1n) is 12.3. The van der Waals surface area contributed by atoms with Gasteiger partial charge >= 0.3 is 0 Å².